The third-order valence-corrected chi connectivity index (χ3v) is 4.18. The summed E-state index contributed by atoms with van der Waals surface area (Å²) in [6.07, 6.45) is 0.900. The lowest BCUT2D eigenvalue weighted by molar-refractivity contribution is -0.137. The van der Waals surface area contributed by atoms with Gasteiger partial charge in [-0.3, -0.25) is 4.79 Å². The van der Waals surface area contributed by atoms with E-state index in [4.69, 9.17) is 5.11 Å². The van der Waals surface area contributed by atoms with Gasteiger partial charge in [-0.2, -0.15) is 0 Å². The van der Waals surface area contributed by atoms with Crippen LogP contribution < -0.4 is 5.32 Å². The monoisotopic (exact) mass is 289 g/mol. The topological polar surface area (TPSA) is 49.3 Å². The van der Waals surface area contributed by atoms with Crippen LogP contribution in [-0.4, -0.2) is 17.6 Å². The van der Waals surface area contributed by atoms with Gasteiger partial charge in [0.2, 0.25) is 0 Å². The highest BCUT2D eigenvalue weighted by Gasteiger charge is 2.03. The minimum Gasteiger partial charge on any atom is -0.481 e. The Morgan fingerprint density at radius 3 is 2.65 bits per heavy atom. The van der Waals surface area contributed by atoms with Crippen LogP contribution in [0.1, 0.15) is 23.3 Å². The summed E-state index contributed by atoms with van der Waals surface area (Å²) in [5, 5.41) is 11.8. The predicted molar refractivity (Wildman–Crippen MR) is 83.1 cm³/mol. The molecule has 0 aliphatic heterocycles. The van der Waals surface area contributed by atoms with E-state index in [0.29, 0.717) is 6.42 Å². The van der Waals surface area contributed by atoms with E-state index < -0.39 is 5.97 Å². The summed E-state index contributed by atoms with van der Waals surface area (Å²) in [5.74, 6) is -0.732. The van der Waals surface area contributed by atoms with Crippen molar-refractivity contribution in [2.75, 3.05) is 6.54 Å². The van der Waals surface area contributed by atoms with Gasteiger partial charge in [-0.1, -0.05) is 29.8 Å². The molecular weight excluding hydrogens is 270 g/mol. The summed E-state index contributed by atoms with van der Waals surface area (Å²) in [5.41, 5.74) is 2.52. The van der Waals surface area contributed by atoms with Gasteiger partial charge in [-0.15, -0.1) is 11.3 Å². The Hall–Kier alpha value is -1.65. The molecule has 0 aliphatic rings. The van der Waals surface area contributed by atoms with E-state index in [9.17, 15) is 4.79 Å². The average Bonchev–Trinajstić information content (AvgIpc) is 2.87. The standard InChI is InChI=1S/C16H19NO2S/c1-12-4-6-13(7-5-12)15-9-8-14(20-15)11-17-10-2-3-16(18)19/h4-9,17H,2-3,10-11H2,1H3,(H,18,19). The quantitative estimate of drug-likeness (QED) is 0.764. The summed E-state index contributed by atoms with van der Waals surface area (Å²) in [6, 6.07) is 12.8. The molecule has 2 rings (SSSR count). The molecule has 0 aliphatic carbocycles. The normalized spacial score (nSPS) is 10.7. The number of rotatable bonds is 7. The third kappa shape index (κ3) is 4.47. The number of nitrogens with one attached hydrogen (secondary N) is 1. The van der Waals surface area contributed by atoms with Crippen molar-refractivity contribution in [2.45, 2.75) is 26.3 Å². The van der Waals surface area contributed by atoms with Crippen molar-refractivity contribution in [1.29, 1.82) is 0 Å². The number of hydrogen-bond acceptors (Lipinski definition) is 3. The number of hydrogen-bond donors (Lipinski definition) is 2. The fourth-order valence-electron chi connectivity index (χ4n) is 1.92. The molecule has 4 heteroatoms. The van der Waals surface area contributed by atoms with Gasteiger partial charge in [0.05, 0.1) is 0 Å². The molecule has 2 N–H and O–H groups in total. The van der Waals surface area contributed by atoms with Gasteiger partial charge in [0.25, 0.3) is 0 Å². The Balaban J connectivity index is 1.83. The van der Waals surface area contributed by atoms with E-state index in [0.717, 1.165) is 13.1 Å². The molecule has 2 aromatic rings. The molecule has 0 fully saturated rings. The van der Waals surface area contributed by atoms with Crippen molar-refractivity contribution in [2.24, 2.45) is 0 Å². The van der Waals surface area contributed by atoms with Crippen LogP contribution >= 0.6 is 11.3 Å². The molecule has 0 saturated carbocycles. The fourth-order valence-corrected chi connectivity index (χ4v) is 2.90. The summed E-state index contributed by atoms with van der Waals surface area (Å²) < 4.78 is 0. The lowest BCUT2D eigenvalue weighted by Gasteiger charge is -2.01. The smallest absolute Gasteiger partial charge is 0.303 e. The molecule has 1 aromatic heterocycles. The molecule has 0 bridgehead atoms. The number of carboxylic acid groups (broad SMARTS) is 1. The van der Waals surface area contributed by atoms with Crippen LogP contribution in [0.15, 0.2) is 36.4 Å². The number of carboxylic acids is 1. The molecule has 1 heterocycles. The maximum Gasteiger partial charge on any atom is 0.303 e. The fraction of sp³-hybridized carbons (Fsp3) is 0.312. The molecule has 0 saturated heterocycles. The summed E-state index contributed by atoms with van der Waals surface area (Å²) in [6.45, 7) is 3.63. The molecule has 3 nitrogen and oxygen atoms in total. The molecule has 0 amide bonds. The van der Waals surface area contributed by atoms with Crippen LogP contribution in [0.3, 0.4) is 0 Å². The van der Waals surface area contributed by atoms with Crippen molar-refractivity contribution in [3.63, 3.8) is 0 Å². The van der Waals surface area contributed by atoms with E-state index in [1.165, 1.54) is 20.9 Å². The second-order valence-corrected chi connectivity index (χ2v) is 5.97. The van der Waals surface area contributed by atoms with Gasteiger partial charge in [0, 0.05) is 22.7 Å². The van der Waals surface area contributed by atoms with Gasteiger partial charge in [-0.25, -0.2) is 0 Å². The van der Waals surface area contributed by atoms with Crippen LogP contribution in [0, 0.1) is 6.92 Å². The largest absolute Gasteiger partial charge is 0.481 e. The summed E-state index contributed by atoms with van der Waals surface area (Å²) >= 11 is 1.78. The molecule has 1 aromatic carbocycles. The summed E-state index contributed by atoms with van der Waals surface area (Å²) in [4.78, 5) is 12.9. The molecule has 0 spiro atoms. The number of benzene rings is 1. The van der Waals surface area contributed by atoms with Gasteiger partial charge in [-0.05, 0) is 37.6 Å². The lowest BCUT2D eigenvalue weighted by atomic mass is 10.1. The predicted octanol–water partition coefficient (Wildman–Crippen LogP) is 3.68. The lowest BCUT2D eigenvalue weighted by Crippen LogP contribution is -2.14. The number of carbonyl (C=O) groups is 1. The van der Waals surface area contributed by atoms with Gasteiger partial charge in [0.1, 0.15) is 0 Å². The number of aliphatic carboxylic acids is 1. The zero-order chi connectivity index (χ0) is 14.4. The van der Waals surface area contributed by atoms with E-state index in [-0.39, 0.29) is 6.42 Å². The minimum absolute atomic E-state index is 0.228. The minimum atomic E-state index is -0.732. The second kappa shape index (κ2) is 7.22. The highest BCUT2D eigenvalue weighted by molar-refractivity contribution is 7.15. The van der Waals surface area contributed by atoms with Gasteiger partial charge in [0.15, 0.2) is 0 Å². The Morgan fingerprint density at radius 1 is 1.20 bits per heavy atom. The Bertz CT molecular complexity index is 560. The first kappa shape index (κ1) is 14.8. The first-order chi connectivity index (χ1) is 9.65. The van der Waals surface area contributed by atoms with Crippen LogP contribution in [0.2, 0.25) is 0 Å². The number of thiophene rings is 1. The van der Waals surface area contributed by atoms with Crippen LogP contribution in [0.4, 0.5) is 0 Å². The van der Waals surface area contributed by atoms with Crippen LogP contribution in [-0.2, 0) is 11.3 Å². The van der Waals surface area contributed by atoms with E-state index in [1.54, 1.807) is 11.3 Å². The molecular formula is C16H19NO2S. The second-order valence-electron chi connectivity index (χ2n) is 4.81. The van der Waals surface area contributed by atoms with E-state index in [2.05, 4.69) is 48.6 Å². The van der Waals surface area contributed by atoms with Crippen molar-refractivity contribution in [3.8, 4) is 10.4 Å². The number of aryl methyl sites for hydroxylation is 1. The SMILES string of the molecule is Cc1ccc(-c2ccc(CNCCCC(=O)O)s2)cc1. The molecule has 0 radical (unpaired) electrons. The Labute approximate surface area is 123 Å². The molecule has 0 unspecified atom stereocenters. The van der Waals surface area contributed by atoms with Crippen molar-refractivity contribution >= 4 is 17.3 Å². The third-order valence-electron chi connectivity index (χ3n) is 3.04. The molecule has 106 valence electrons. The Kier molecular flexibility index (Phi) is 5.32. The Morgan fingerprint density at radius 2 is 1.95 bits per heavy atom. The van der Waals surface area contributed by atoms with E-state index in [1.807, 2.05) is 0 Å². The average molecular weight is 289 g/mol. The first-order valence-electron chi connectivity index (χ1n) is 6.73. The van der Waals surface area contributed by atoms with Crippen molar-refractivity contribution < 1.29 is 9.90 Å². The highest BCUT2D eigenvalue weighted by atomic mass is 32.1. The maximum absolute atomic E-state index is 10.4. The van der Waals surface area contributed by atoms with Crippen LogP contribution in [0.5, 0.6) is 0 Å². The van der Waals surface area contributed by atoms with Crippen molar-refractivity contribution in [1.82, 2.24) is 5.32 Å². The van der Waals surface area contributed by atoms with Gasteiger partial charge >= 0.3 is 5.97 Å². The molecule has 0 atom stereocenters. The van der Waals surface area contributed by atoms with Gasteiger partial charge < -0.3 is 10.4 Å². The van der Waals surface area contributed by atoms with Crippen LogP contribution in [0.25, 0.3) is 10.4 Å². The first-order valence-corrected chi connectivity index (χ1v) is 7.55. The zero-order valence-corrected chi connectivity index (χ0v) is 12.4. The highest BCUT2D eigenvalue weighted by Crippen LogP contribution is 2.28. The zero-order valence-electron chi connectivity index (χ0n) is 11.6. The summed E-state index contributed by atoms with van der Waals surface area (Å²) in [7, 11) is 0. The maximum atomic E-state index is 10.4. The van der Waals surface area contributed by atoms with Crippen molar-refractivity contribution in [3.05, 3.63) is 46.8 Å². The van der Waals surface area contributed by atoms with E-state index >= 15 is 0 Å². The molecule has 20 heavy (non-hydrogen) atoms.